The first-order chi connectivity index (χ1) is 10.3. The fourth-order valence-corrected chi connectivity index (χ4v) is 3.11. The van der Waals surface area contributed by atoms with Crippen molar-refractivity contribution in [1.82, 2.24) is 9.55 Å². The van der Waals surface area contributed by atoms with Crippen LogP contribution in [0.2, 0.25) is 0 Å². The molecule has 0 saturated heterocycles. The zero-order valence-electron chi connectivity index (χ0n) is 11.8. The molecule has 0 amide bonds. The van der Waals surface area contributed by atoms with E-state index in [9.17, 15) is 0 Å². The van der Waals surface area contributed by atoms with Crippen LogP contribution in [0.15, 0.2) is 46.9 Å². The summed E-state index contributed by atoms with van der Waals surface area (Å²) >= 11 is 3.54. The molecule has 1 fully saturated rings. The van der Waals surface area contributed by atoms with E-state index in [4.69, 9.17) is 4.98 Å². The Hall–Kier alpha value is -1.81. The van der Waals surface area contributed by atoms with E-state index in [0.717, 1.165) is 21.5 Å². The highest BCUT2D eigenvalue weighted by atomic mass is 79.9. The van der Waals surface area contributed by atoms with Gasteiger partial charge in [0.2, 0.25) is 0 Å². The van der Waals surface area contributed by atoms with Crippen molar-refractivity contribution in [3.8, 4) is 11.4 Å². The second-order valence-electron chi connectivity index (χ2n) is 5.50. The lowest BCUT2D eigenvalue weighted by atomic mass is 10.2. The Labute approximate surface area is 132 Å². The van der Waals surface area contributed by atoms with E-state index >= 15 is 0 Å². The predicted octanol–water partition coefficient (Wildman–Crippen LogP) is 4.84. The zero-order chi connectivity index (χ0) is 14.4. The minimum absolute atomic E-state index is 0.607. The van der Waals surface area contributed by atoms with Crippen molar-refractivity contribution in [2.45, 2.75) is 18.9 Å². The summed E-state index contributed by atoms with van der Waals surface area (Å²) < 4.78 is 3.48. The number of hydrogen-bond donors (Lipinski definition) is 1. The van der Waals surface area contributed by atoms with E-state index in [2.05, 4.69) is 68.3 Å². The molecule has 3 nitrogen and oxygen atoms in total. The number of halogens is 1. The molecule has 1 aromatic heterocycles. The third-order valence-electron chi connectivity index (χ3n) is 4.00. The van der Waals surface area contributed by atoms with E-state index in [-0.39, 0.29) is 0 Å². The largest absolute Gasteiger partial charge is 0.388 e. The Morgan fingerprint density at radius 1 is 1.14 bits per heavy atom. The fraction of sp³-hybridized carbons (Fsp3) is 0.235. The molecule has 1 saturated carbocycles. The molecular weight excluding hydrogens is 326 g/mol. The molecule has 4 rings (SSSR count). The predicted molar refractivity (Wildman–Crippen MR) is 90.7 cm³/mol. The quantitative estimate of drug-likeness (QED) is 0.738. The van der Waals surface area contributed by atoms with E-state index in [0.29, 0.717) is 6.04 Å². The van der Waals surface area contributed by atoms with Crippen LogP contribution in [0.4, 0.5) is 5.69 Å². The number of nitrogens with one attached hydrogen (secondary N) is 1. The number of imidazole rings is 1. The van der Waals surface area contributed by atoms with E-state index < -0.39 is 0 Å². The maximum atomic E-state index is 4.87. The van der Waals surface area contributed by atoms with Crippen molar-refractivity contribution in [3.63, 3.8) is 0 Å². The van der Waals surface area contributed by atoms with E-state index in [1.165, 1.54) is 23.9 Å². The monoisotopic (exact) mass is 341 g/mol. The summed E-state index contributed by atoms with van der Waals surface area (Å²) in [6.45, 7) is 0. The Morgan fingerprint density at radius 2 is 1.90 bits per heavy atom. The molecule has 1 heterocycles. The van der Waals surface area contributed by atoms with Gasteiger partial charge in [0.25, 0.3) is 0 Å². The highest BCUT2D eigenvalue weighted by Crippen LogP contribution is 2.41. The Morgan fingerprint density at radius 3 is 2.57 bits per heavy atom. The molecule has 0 aliphatic heterocycles. The Bertz CT molecular complexity index is 801. The third kappa shape index (κ3) is 2.23. The minimum Gasteiger partial charge on any atom is -0.388 e. The molecule has 0 atom stereocenters. The van der Waals surface area contributed by atoms with Crippen molar-refractivity contribution in [3.05, 3.63) is 46.9 Å². The van der Waals surface area contributed by atoms with Gasteiger partial charge in [-0.15, -0.1) is 0 Å². The normalized spacial score (nSPS) is 14.6. The first-order valence-corrected chi connectivity index (χ1v) is 8.01. The van der Waals surface area contributed by atoms with Crippen LogP contribution in [-0.4, -0.2) is 16.6 Å². The van der Waals surface area contributed by atoms with Crippen molar-refractivity contribution >= 4 is 32.7 Å². The lowest BCUT2D eigenvalue weighted by Crippen LogP contribution is -1.97. The standard InChI is InChI=1S/C17H16BrN3/c1-19-13-5-2-11(3-6-13)17-20-15-10-12(18)4-9-16(15)21(17)14-7-8-14/h2-6,9-10,14,19H,7-8H2,1H3. The highest BCUT2D eigenvalue weighted by Gasteiger charge is 2.28. The summed E-state index contributed by atoms with van der Waals surface area (Å²) in [5.74, 6) is 1.08. The third-order valence-corrected chi connectivity index (χ3v) is 4.49. The van der Waals surface area contributed by atoms with Gasteiger partial charge >= 0.3 is 0 Å². The molecule has 4 heteroatoms. The molecule has 0 unspecified atom stereocenters. The van der Waals surface area contributed by atoms with Gasteiger partial charge < -0.3 is 9.88 Å². The first-order valence-electron chi connectivity index (χ1n) is 7.22. The second-order valence-corrected chi connectivity index (χ2v) is 6.41. The molecule has 1 aliphatic carbocycles. The van der Waals surface area contributed by atoms with Gasteiger partial charge in [-0.1, -0.05) is 15.9 Å². The highest BCUT2D eigenvalue weighted by molar-refractivity contribution is 9.10. The van der Waals surface area contributed by atoms with Gasteiger partial charge in [-0.25, -0.2) is 4.98 Å². The summed E-state index contributed by atoms with van der Waals surface area (Å²) in [6, 6.07) is 15.4. The van der Waals surface area contributed by atoms with Crippen LogP contribution in [0.25, 0.3) is 22.4 Å². The molecule has 3 aromatic rings. The molecule has 0 bridgehead atoms. The van der Waals surface area contributed by atoms with Gasteiger partial charge in [0, 0.05) is 28.8 Å². The van der Waals surface area contributed by atoms with Crippen LogP contribution in [0, 0.1) is 0 Å². The average Bonchev–Trinajstić information content (AvgIpc) is 3.28. The van der Waals surface area contributed by atoms with Crippen molar-refractivity contribution in [1.29, 1.82) is 0 Å². The second kappa shape index (κ2) is 4.88. The SMILES string of the molecule is CNc1ccc(-c2nc3cc(Br)ccc3n2C2CC2)cc1. The van der Waals surface area contributed by atoms with Gasteiger partial charge in [-0.2, -0.15) is 0 Å². The summed E-state index contributed by atoms with van der Waals surface area (Å²) in [5, 5.41) is 3.16. The summed E-state index contributed by atoms with van der Waals surface area (Å²) in [7, 11) is 1.94. The van der Waals surface area contributed by atoms with E-state index in [1.807, 2.05) is 7.05 Å². The summed E-state index contributed by atoms with van der Waals surface area (Å²) in [4.78, 5) is 4.87. The van der Waals surface area contributed by atoms with Gasteiger partial charge in [0.15, 0.2) is 0 Å². The zero-order valence-corrected chi connectivity index (χ0v) is 13.4. The molecule has 2 aromatic carbocycles. The topological polar surface area (TPSA) is 29.9 Å². The van der Waals surface area contributed by atoms with Crippen LogP contribution < -0.4 is 5.32 Å². The van der Waals surface area contributed by atoms with Gasteiger partial charge in [0.1, 0.15) is 5.82 Å². The van der Waals surface area contributed by atoms with Crippen molar-refractivity contribution in [2.75, 3.05) is 12.4 Å². The molecule has 21 heavy (non-hydrogen) atoms. The number of nitrogens with zero attached hydrogens (tertiary/aromatic N) is 2. The van der Waals surface area contributed by atoms with Crippen molar-refractivity contribution < 1.29 is 0 Å². The number of rotatable bonds is 3. The summed E-state index contributed by atoms with van der Waals surface area (Å²) in [5.41, 5.74) is 4.58. The first kappa shape index (κ1) is 12.9. The van der Waals surface area contributed by atoms with Gasteiger partial charge in [0.05, 0.1) is 11.0 Å². The molecule has 106 valence electrons. The molecular formula is C17H16BrN3. The molecule has 1 N–H and O–H groups in total. The number of benzene rings is 2. The Balaban J connectivity index is 1.91. The number of fused-ring (bicyclic) bond motifs is 1. The van der Waals surface area contributed by atoms with Gasteiger partial charge in [-0.3, -0.25) is 0 Å². The maximum Gasteiger partial charge on any atom is 0.141 e. The number of hydrogen-bond acceptors (Lipinski definition) is 2. The lowest BCUT2D eigenvalue weighted by molar-refractivity contribution is 0.775. The lowest BCUT2D eigenvalue weighted by Gasteiger charge is -2.08. The van der Waals surface area contributed by atoms with Crippen LogP contribution in [-0.2, 0) is 0 Å². The number of aromatic nitrogens is 2. The van der Waals surface area contributed by atoms with Gasteiger partial charge in [-0.05, 0) is 55.3 Å². The van der Waals surface area contributed by atoms with Crippen molar-refractivity contribution in [2.24, 2.45) is 0 Å². The maximum absolute atomic E-state index is 4.87. The minimum atomic E-state index is 0.607. The van der Waals surface area contributed by atoms with Crippen LogP contribution >= 0.6 is 15.9 Å². The van der Waals surface area contributed by atoms with Crippen LogP contribution in [0.5, 0.6) is 0 Å². The molecule has 0 radical (unpaired) electrons. The fourth-order valence-electron chi connectivity index (χ4n) is 2.76. The summed E-state index contributed by atoms with van der Waals surface area (Å²) in [6.07, 6.45) is 2.51. The number of anilines is 1. The van der Waals surface area contributed by atoms with E-state index in [1.54, 1.807) is 0 Å². The molecule has 1 aliphatic rings. The molecule has 0 spiro atoms. The average molecular weight is 342 g/mol. The Kier molecular flexibility index (Phi) is 3.00. The van der Waals surface area contributed by atoms with Crippen LogP contribution in [0.3, 0.4) is 0 Å². The smallest absolute Gasteiger partial charge is 0.141 e. The van der Waals surface area contributed by atoms with Crippen LogP contribution in [0.1, 0.15) is 18.9 Å².